The van der Waals surface area contributed by atoms with Crippen LogP contribution in [0.5, 0.6) is 0 Å². The molecule has 6 aromatic rings. The standard InChI is InChI=1S/C51H59N3/c1-6-52(7-2)47-32-22-43(23-33-47)18-16-41-12-14-42(15-13-41)17-19-45-26-36-50(37-27-45)54(49-30-10-40(5)11-31-49)51-38-28-46(29-39-51)21-20-44-24-34-48(35-25-44)53(8-3)9-4/h10-15,22-39H,6-9,16-21H2,1-5H3. The molecule has 3 nitrogen and oxygen atoms in total. The van der Waals surface area contributed by atoms with Gasteiger partial charge in [-0.2, -0.15) is 0 Å². The quantitative estimate of drug-likeness (QED) is 0.0878. The van der Waals surface area contributed by atoms with Gasteiger partial charge in [-0.15, -0.1) is 0 Å². The topological polar surface area (TPSA) is 9.72 Å². The molecule has 0 aliphatic carbocycles. The highest BCUT2D eigenvalue weighted by Gasteiger charge is 2.13. The van der Waals surface area contributed by atoms with Gasteiger partial charge in [0.2, 0.25) is 0 Å². The molecule has 0 bridgehead atoms. The maximum absolute atomic E-state index is 2.40. The first-order chi connectivity index (χ1) is 26.5. The zero-order chi connectivity index (χ0) is 37.7. The summed E-state index contributed by atoms with van der Waals surface area (Å²) in [5.74, 6) is 0. The lowest BCUT2D eigenvalue weighted by Gasteiger charge is -2.26. The summed E-state index contributed by atoms with van der Waals surface area (Å²) >= 11 is 0. The summed E-state index contributed by atoms with van der Waals surface area (Å²) in [5, 5.41) is 0. The Balaban J connectivity index is 1.05. The number of anilines is 5. The molecule has 0 N–H and O–H groups in total. The zero-order valence-corrected chi connectivity index (χ0v) is 33.3. The maximum Gasteiger partial charge on any atom is 0.0461 e. The van der Waals surface area contributed by atoms with E-state index in [0.717, 1.165) is 64.7 Å². The minimum Gasteiger partial charge on any atom is -0.372 e. The Hall–Kier alpha value is -5.28. The molecule has 278 valence electrons. The summed E-state index contributed by atoms with van der Waals surface area (Å²) in [7, 11) is 0. The molecule has 0 radical (unpaired) electrons. The number of hydrogen-bond donors (Lipinski definition) is 0. The van der Waals surface area contributed by atoms with Crippen molar-refractivity contribution in [3.63, 3.8) is 0 Å². The van der Waals surface area contributed by atoms with Crippen molar-refractivity contribution >= 4 is 28.4 Å². The van der Waals surface area contributed by atoms with Crippen LogP contribution in [0.1, 0.15) is 66.6 Å². The number of aryl methyl sites for hydroxylation is 7. The second-order valence-corrected chi connectivity index (χ2v) is 14.5. The molecule has 0 saturated carbocycles. The monoisotopic (exact) mass is 713 g/mol. The van der Waals surface area contributed by atoms with Crippen LogP contribution in [0.4, 0.5) is 28.4 Å². The first-order valence-electron chi connectivity index (χ1n) is 20.3. The molecule has 54 heavy (non-hydrogen) atoms. The molecule has 0 fully saturated rings. The summed E-state index contributed by atoms with van der Waals surface area (Å²) in [4.78, 5) is 7.16. The zero-order valence-electron chi connectivity index (χ0n) is 33.3. The van der Waals surface area contributed by atoms with Crippen LogP contribution < -0.4 is 14.7 Å². The van der Waals surface area contributed by atoms with Crippen molar-refractivity contribution in [3.05, 3.63) is 185 Å². The van der Waals surface area contributed by atoms with E-state index >= 15 is 0 Å². The van der Waals surface area contributed by atoms with Crippen LogP contribution in [-0.2, 0) is 38.5 Å². The molecule has 6 rings (SSSR count). The van der Waals surface area contributed by atoms with E-state index in [1.807, 2.05) is 0 Å². The second-order valence-electron chi connectivity index (χ2n) is 14.5. The van der Waals surface area contributed by atoms with Crippen LogP contribution in [0.2, 0.25) is 0 Å². The molecular weight excluding hydrogens is 655 g/mol. The fraction of sp³-hybridized carbons (Fsp3) is 0.294. The van der Waals surface area contributed by atoms with Crippen molar-refractivity contribution in [3.8, 4) is 0 Å². The van der Waals surface area contributed by atoms with Crippen molar-refractivity contribution in [1.82, 2.24) is 0 Å². The fourth-order valence-electron chi connectivity index (χ4n) is 7.43. The molecule has 0 heterocycles. The average Bonchev–Trinajstić information content (AvgIpc) is 3.22. The number of hydrogen-bond acceptors (Lipinski definition) is 3. The van der Waals surface area contributed by atoms with E-state index < -0.39 is 0 Å². The fourth-order valence-corrected chi connectivity index (χ4v) is 7.43. The van der Waals surface area contributed by atoms with Gasteiger partial charge in [0.25, 0.3) is 0 Å². The molecule has 0 aromatic heterocycles. The van der Waals surface area contributed by atoms with E-state index in [1.165, 1.54) is 67.4 Å². The van der Waals surface area contributed by atoms with Gasteiger partial charge < -0.3 is 14.7 Å². The van der Waals surface area contributed by atoms with Gasteiger partial charge in [0, 0.05) is 54.6 Å². The SMILES string of the molecule is CCN(CC)c1ccc(CCc2ccc(CCc3ccc(N(c4ccc(C)cc4)c4ccc(CCc5ccc(N(CC)CC)cc5)cc4)cc3)cc2)cc1. The Labute approximate surface area is 325 Å². The van der Waals surface area contributed by atoms with Crippen molar-refractivity contribution in [2.75, 3.05) is 40.9 Å². The molecule has 3 heteroatoms. The van der Waals surface area contributed by atoms with Gasteiger partial charge in [0.1, 0.15) is 0 Å². The van der Waals surface area contributed by atoms with Crippen LogP contribution in [0.3, 0.4) is 0 Å². The first-order valence-corrected chi connectivity index (χ1v) is 20.3. The number of rotatable bonds is 18. The largest absolute Gasteiger partial charge is 0.372 e. The number of benzene rings is 6. The Kier molecular flexibility index (Phi) is 13.6. The highest BCUT2D eigenvalue weighted by atomic mass is 15.1. The van der Waals surface area contributed by atoms with Gasteiger partial charge in [-0.05, 0) is 167 Å². The normalized spacial score (nSPS) is 11.1. The van der Waals surface area contributed by atoms with Gasteiger partial charge >= 0.3 is 0 Å². The lowest BCUT2D eigenvalue weighted by molar-refractivity contribution is 0.864. The van der Waals surface area contributed by atoms with E-state index in [1.54, 1.807) is 0 Å². The highest BCUT2D eigenvalue weighted by molar-refractivity contribution is 5.76. The summed E-state index contributed by atoms with van der Waals surface area (Å²) < 4.78 is 0. The average molecular weight is 714 g/mol. The van der Waals surface area contributed by atoms with Gasteiger partial charge in [0.15, 0.2) is 0 Å². The molecule has 6 aromatic carbocycles. The third-order valence-electron chi connectivity index (χ3n) is 10.9. The third-order valence-corrected chi connectivity index (χ3v) is 10.9. The predicted octanol–water partition coefficient (Wildman–Crippen LogP) is 12.5. The molecule has 0 aliphatic rings. The molecule has 0 unspecified atom stereocenters. The van der Waals surface area contributed by atoms with E-state index in [9.17, 15) is 0 Å². The van der Waals surface area contributed by atoms with E-state index in [0.29, 0.717) is 0 Å². The van der Waals surface area contributed by atoms with E-state index in [4.69, 9.17) is 0 Å². The Morgan fingerprint density at radius 3 is 0.722 bits per heavy atom. The van der Waals surface area contributed by atoms with Crippen molar-refractivity contribution < 1.29 is 0 Å². The molecule has 0 spiro atoms. The van der Waals surface area contributed by atoms with Crippen molar-refractivity contribution in [2.45, 2.75) is 73.1 Å². The van der Waals surface area contributed by atoms with Crippen LogP contribution in [0.25, 0.3) is 0 Å². The first kappa shape index (κ1) is 38.4. The van der Waals surface area contributed by atoms with Crippen LogP contribution in [-0.4, -0.2) is 26.2 Å². The third kappa shape index (κ3) is 10.2. The summed E-state index contributed by atoms with van der Waals surface area (Å²) in [6, 6.07) is 54.7. The number of nitrogens with zero attached hydrogens (tertiary/aromatic N) is 3. The molecule has 0 amide bonds. The Morgan fingerprint density at radius 2 is 0.481 bits per heavy atom. The van der Waals surface area contributed by atoms with Gasteiger partial charge in [0.05, 0.1) is 0 Å². The van der Waals surface area contributed by atoms with Gasteiger partial charge in [-0.1, -0.05) is 90.5 Å². The lowest BCUT2D eigenvalue weighted by Crippen LogP contribution is -2.21. The molecular formula is C51H59N3. The minimum atomic E-state index is 1.02. The van der Waals surface area contributed by atoms with Crippen LogP contribution >= 0.6 is 0 Å². The van der Waals surface area contributed by atoms with Crippen LogP contribution in [0, 0.1) is 6.92 Å². The highest BCUT2D eigenvalue weighted by Crippen LogP contribution is 2.35. The summed E-state index contributed by atoms with van der Waals surface area (Å²) in [6.07, 6.45) is 6.26. The van der Waals surface area contributed by atoms with Crippen LogP contribution in [0.15, 0.2) is 146 Å². The van der Waals surface area contributed by atoms with Gasteiger partial charge in [-0.3, -0.25) is 0 Å². The van der Waals surface area contributed by atoms with Gasteiger partial charge in [-0.25, -0.2) is 0 Å². The summed E-state index contributed by atoms with van der Waals surface area (Å²) in [5.41, 5.74) is 15.7. The minimum absolute atomic E-state index is 1.02. The Bertz CT molecular complexity index is 1970. The molecule has 0 aliphatic heterocycles. The molecule has 0 atom stereocenters. The smallest absolute Gasteiger partial charge is 0.0461 e. The summed E-state index contributed by atoms with van der Waals surface area (Å²) in [6.45, 7) is 15.2. The Morgan fingerprint density at radius 1 is 0.278 bits per heavy atom. The van der Waals surface area contributed by atoms with Crippen molar-refractivity contribution in [1.29, 1.82) is 0 Å². The van der Waals surface area contributed by atoms with Crippen molar-refractivity contribution in [2.24, 2.45) is 0 Å². The molecule has 0 saturated heterocycles. The van der Waals surface area contributed by atoms with E-state index in [2.05, 4.69) is 195 Å². The van der Waals surface area contributed by atoms with E-state index in [-0.39, 0.29) is 0 Å². The predicted molar refractivity (Wildman–Crippen MR) is 235 cm³/mol. The maximum atomic E-state index is 2.40. The lowest BCUT2D eigenvalue weighted by atomic mass is 10.00. The second kappa shape index (κ2) is 19.2.